The normalized spacial score (nSPS) is 13.9. The molecular weight excluding hydrogens is 392 g/mol. The van der Waals surface area contributed by atoms with Crippen molar-refractivity contribution in [1.82, 2.24) is 10.0 Å². The lowest BCUT2D eigenvalue weighted by atomic mass is 10.00. The highest BCUT2D eigenvalue weighted by Crippen LogP contribution is 2.23. The molecule has 8 heteroatoms. The Bertz CT molecular complexity index is 973. The first-order valence-electron chi connectivity index (χ1n) is 9.13. The molecule has 7 nitrogen and oxygen atoms in total. The number of aliphatic carboxylic acids is 1. The van der Waals surface area contributed by atoms with E-state index in [-0.39, 0.29) is 10.8 Å². The third-order valence-corrected chi connectivity index (χ3v) is 5.82. The van der Waals surface area contributed by atoms with Gasteiger partial charge in [0.1, 0.15) is 6.04 Å². The quantitative estimate of drug-likeness (QED) is 0.572. The molecule has 0 spiro atoms. The molecule has 3 N–H and O–H groups in total. The number of nitrogens with one attached hydrogen (secondary N) is 2. The summed E-state index contributed by atoms with van der Waals surface area (Å²) < 4.78 is 27.8. The molecule has 0 aromatic heterocycles. The number of carboxylic acids is 1. The van der Waals surface area contributed by atoms with Crippen LogP contribution < -0.4 is 10.0 Å². The van der Waals surface area contributed by atoms with Crippen LogP contribution in [0.3, 0.4) is 0 Å². The Morgan fingerprint density at radius 2 is 1.59 bits per heavy atom. The van der Waals surface area contributed by atoms with Gasteiger partial charge >= 0.3 is 12.0 Å². The highest BCUT2D eigenvalue weighted by molar-refractivity contribution is 7.99. The number of sulfonamides is 1. The molecule has 2 unspecified atom stereocenters. The second-order valence-electron chi connectivity index (χ2n) is 6.57. The summed E-state index contributed by atoms with van der Waals surface area (Å²) >= 11 is 0. The largest absolute Gasteiger partial charge is 0.480 e. The van der Waals surface area contributed by atoms with Gasteiger partial charge in [0, 0.05) is 0 Å². The molecule has 2 amide bonds. The van der Waals surface area contributed by atoms with E-state index in [0.717, 1.165) is 0 Å². The molecule has 0 aliphatic rings. The molecule has 29 heavy (non-hydrogen) atoms. The minimum atomic E-state index is -4.27. The maximum Gasteiger partial charge on any atom is 0.329 e. The monoisotopic (exact) mass is 416 g/mol. The van der Waals surface area contributed by atoms with Gasteiger partial charge in [-0.1, -0.05) is 80.9 Å². The van der Waals surface area contributed by atoms with E-state index < -0.39 is 28.1 Å². The Morgan fingerprint density at radius 3 is 2.10 bits per heavy atom. The van der Waals surface area contributed by atoms with E-state index in [2.05, 4.69) is 5.32 Å². The Morgan fingerprint density at radius 1 is 1.03 bits per heavy atom. The van der Waals surface area contributed by atoms with Gasteiger partial charge in [-0.2, -0.15) is 0 Å². The number of rotatable bonds is 8. The molecule has 2 aromatic carbocycles. The molecule has 0 saturated heterocycles. The molecule has 0 heterocycles. The van der Waals surface area contributed by atoms with Gasteiger partial charge in [-0.3, -0.25) is 0 Å². The zero-order valence-electron chi connectivity index (χ0n) is 16.2. The summed E-state index contributed by atoms with van der Waals surface area (Å²) in [5, 5.41) is 11.5. The molecule has 0 radical (unpaired) electrons. The summed E-state index contributed by atoms with van der Waals surface area (Å²) in [5.74, 6) is -1.59. The van der Waals surface area contributed by atoms with E-state index in [1.807, 2.05) is 4.72 Å². The number of hydrogen-bond donors (Lipinski definition) is 3. The van der Waals surface area contributed by atoms with Crippen molar-refractivity contribution in [2.45, 2.75) is 26.3 Å². The van der Waals surface area contributed by atoms with Gasteiger partial charge in [0.2, 0.25) is 0 Å². The van der Waals surface area contributed by atoms with Crippen LogP contribution in [0.25, 0.3) is 11.0 Å². The van der Waals surface area contributed by atoms with Crippen LogP contribution >= 0.6 is 0 Å². The Balaban J connectivity index is 2.34. The van der Waals surface area contributed by atoms with Gasteiger partial charge in [-0.05, 0) is 23.1 Å². The Kier molecular flexibility index (Phi) is 7.55. The number of benzene rings is 2. The van der Waals surface area contributed by atoms with Crippen LogP contribution in [0.15, 0.2) is 60.7 Å². The first-order valence-corrected chi connectivity index (χ1v) is 10.6. The maximum atomic E-state index is 12.9. The third kappa shape index (κ3) is 6.18. The van der Waals surface area contributed by atoms with Crippen molar-refractivity contribution in [3.63, 3.8) is 0 Å². The van der Waals surface area contributed by atoms with E-state index in [4.69, 9.17) is 0 Å². The van der Waals surface area contributed by atoms with Crippen molar-refractivity contribution in [2.24, 2.45) is 5.92 Å². The molecule has 2 rings (SSSR count). The molecule has 2 aromatic rings. The highest BCUT2D eigenvalue weighted by atomic mass is 32.2. The van der Waals surface area contributed by atoms with Gasteiger partial charge in [0.15, 0.2) is 0 Å². The van der Waals surface area contributed by atoms with Gasteiger partial charge < -0.3 is 10.4 Å². The van der Waals surface area contributed by atoms with E-state index in [1.165, 1.54) is 6.08 Å². The fraction of sp³-hybridized carbons (Fsp3) is 0.238. The predicted octanol–water partition coefficient (Wildman–Crippen LogP) is 3.31. The first-order chi connectivity index (χ1) is 13.7. The van der Waals surface area contributed by atoms with Crippen LogP contribution in [-0.4, -0.2) is 31.6 Å². The second kappa shape index (κ2) is 9.88. The topological polar surface area (TPSA) is 113 Å². The Labute approximate surface area is 170 Å². The van der Waals surface area contributed by atoms with Crippen molar-refractivity contribution < 1.29 is 23.1 Å². The predicted molar refractivity (Wildman–Crippen MR) is 112 cm³/mol. The highest BCUT2D eigenvalue weighted by Gasteiger charge is 2.28. The molecule has 154 valence electrons. The maximum absolute atomic E-state index is 12.9. The third-order valence-electron chi connectivity index (χ3n) is 4.44. The van der Waals surface area contributed by atoms with Crippen LogP contribution in [0, 0.1) is 5.92 Å². The van der Waals surface area contributed by atoms with Crippen molar-refractivity contribution in [1.29, 1.82) is 0 Å². The SMILES string of the molecule is CCC(C)C(NC(=O)NS(=O)(=O)/C(=C/c1ccccc1)c1ccccc1)C(=O)O. The van der Waals surface area contributed by atoms with E-state index in [0.29, 0.717) is 17.5 Å². The second-order valence-corrected chi connectivity index (χ2v) is 8.22. The van der Waals surface area contributed by atoms with Crippen LogP contribution in [-0.2, 0) is 14.8 Å². The summed E-state index contributed by atoms with van der Waals surface area (Å²) in [7, 11) is -4.27. The fourth-order valence-electron chi connectivity index (χ4n) is 2.65. The van der Waals surface area contributed by atoms with E-state index in [9.17, 15) is 23.1 Å². The number of carbonyl (C=O) groups excluding carboxylic acids is 1. The minimum absolute atomic E-state index is 0.102. The van der Waals surface area contributed by atoms with Crippen LogP contribution in [0.4, 0.5) is 4.79 Å². The molecule has 0 aliphatic heterocycles. The van der Waals surface area contributed by atoms with Crippen molar-refractivity contribution in [2.75, 3.05) is 0 Å². The number of amides is 2. The van der Waals surface area contributed by atoms with E-state index in [1.54, 1.807) is 74.5 Å². The molecular formula is C21H24N2O5S. The summed E-state index contributed by atoms with van der Waals surface area (Å²) in [4.78, 5) is 23.6. The van der Waals surface area contributed by atoms with Gasteiger partial charge in [0.25, 0.3) is 10.0 Å². The molecule has 0 bridgehead atoms. The van der Waals surface area contributed by atoms with Crippen LogP contribution in [0.5, 0.6) is 0 Å². The number of carboxylic acid groups (broad SMARTS) is 1. The van der Waals surface area contributed by atoms with Gasteiger partial charge in [0.05, 0.1) is 4.91 Å². The van der Waals surface area contributed by atoms with Crippen LogP contribution in [0.1, 0.15) is 31.4 Å². The molecule has 0 aliphatic carbocycles. The van der Waals surface area contributed by atoms with Crippen molar-refractivity contribution in [3.8, 4) is 0 Å². The minimum Gasteiger partial charge on any atom is -0.480 e. The molecule has 0 fully saturated rings. The first kappa shape index (κ1) is 22.2. The zero-order chi connectivity index (χ0) is 21.4. The Hall–Kier alpha value is -3.13. The average Bonchev–Trinajstić information content (AvgIpc) is 2.70. The smallest absolute Gasteiger partial charge is 0.329 e. The lowest BCUT2D eigenvalue weighted by Crippen LogP contribution is -2.50. The van der Waals surface area contributed by atoms with Crippen molar-refractivity contribution in [3.05, 3.63) is 71.8 Å². The summed E-state index contributed by atoms with van der Waals surface area (Å²) in [6.07, 6.45) is 1.96. The van der Waals surface area contributed by atoms with Crippen LogP contribution in [0.2, 0.25) is 0 Å². The van der Waals surface area contributed by atoms with Crippen molar-refractivity contribution >= 4 is 33.0 Å². The fourth-order valence-corrected chi connectivity index (χ4v) is 3.80. The number of urea groups is 1. The summed E-state index contributed by atoms with van der Waals surface area (Å²) in [6, 6.07) is 14.9. The molecule has 2 atom stereocenters. The van der Waals surface area contributed by atoms with Gasteiger partial charge in [-0.15, -0.1) is 0 Å². The zero-order valence-corrected chi connectivity index (χ0v) is 17.0. The lowest BCUT2D eigenvalue weighted by Gasteiger charge is -2.20. The molecule has 0 saturated carbocycles. The number of hydrogen-bond acceptors (Lipinski definition) is 4. The summed E-state index contributed by atoms with van der Waals surface area (Å²) in [6.45, 7) is 3.45. The summed E-state index contributed by atoms with van der Waals surface area (Å²) in [5.41, 5.74) is 1.04. The van der Waals surface area contributed by atoms with E-state index >= 15 is 0 Å². The average molecular weight is 416 g/mol. The lowest BCUT2D eigenvalue weighted by molar-refractivity contribution is -0.140. The van der Waals surface area contributed by atoms with Gasteiger partial charge in [-0.25, -0.2) is 22.7 Å². The standard InChI is InChI=1S/C21H24N2O5S/c1-3-15(2)19(20(24)25)22-21(26)23-29(27,28)18(17-12-8-5-9-13-17)14-16-10-6-4-7-11-16/h4-15,19H,3H2,1-2H3,(H,24,25)(H2,22,23,26)/b18-14+. The number of carbonyl (C=O) groups is 2.